The Morgan fingerprint density at radius 3 is 2.52 bits per heavy atom. The zero-order valence-corrected chi connectivity index (χ0v) is 13.3. The van der Waals surface area contributed by atoms with Crippen LogP contribution in [0.4, 0.5) is 0 Å². The van der Waals surface area contributed by atoms with Gasteiger partial charge in [0.05, 0.1) is 12.8 Å². The van der Waals surface area contributed by atoms with Crippen molar-refractivity contribution in [2.75, 3.05) is 7.11 Å². The minimum absolute atomic E-state index is 0.148. The molecule has 124 valence electrons. The van der Waals surface area contributed by atoms with Crippen LogP contribution in [0.3, 0.4) is 0 Å². The fourth-order valence-electron chi connectivity index (χ4n) is 3.03. The molecular weight excluding hydrogens is 322 g/mol. The molecule has 0 N–H and O–H groups in total. The molecule has 2 aliphatic rings. The van der Waals surface area contributed by atoms with Crippen LogP contribution < -0.4 is 4.74 Å². The van der Waals surface area contributed by atoms with E-state index in [0.717, 1.165) is 27.8 Å². The Bertz CT molecular complexity index is 970. The maximum Gasteiger partial charge on any atom is 0.353 e. The van der Waals surface area contributed by atoms with Gasteiger partial charge in [-0.2, -0.15) is 0 Å². The lowest BCUT2D eigenvalue weighted by Crippen LogP contribution is -2.43. The SMILES string of the molecule is COC(=O)C1Oc2c(ccc3ccccc23)C=C1N1C(=O)C=CC1=O. The molecule has 6 heteroatoms. The first-order valence-corrected chi connectivity index (χ1v) is 7.64. The number of esters is 1. The van der Waals surface area contributed by atoms with Gasteiger partial charge in [-0.05, 0) is 11.5 Å². The molecule has 0 aromatic heterocycles. The number of amides is 2. The summed E-state index contributed by atoms with van der Waals surface area (Å²) >= 11 is 0. The Hall–Kier alpha value is -3.41. The van der Waals surface area contributed by atoms with E-state index in [4.69, 9.17) is 9.47 Å². The molecule has 2 aromatic carbocycles. The van der Waals surface area contributed by atoms with E-state index in [1.54, 1.807) is 6.08 Å². The molecule has 0 spiro atoms. The van der Waals surface area contributed by atoms with Gasteiger partial charge in [-0.15, -0.1) is 0 Å². The van der Waals surface area contributed by atoms with Crippen LogP contribution in [-0.4, -0.2) is 35.9 Å². The van der Waals surface area contributed by atoms with Gasteiger partial charge in [0.25, 0.3) is 11.8 Å². The molecule has 6 nitrogen and oxygen atoms in total. The Labute approximate surface area is 142 Å². The van der Waals surface area contributed by atoms with E-state index in [1.807, 2.05) is 36.4 Å². The molecule has 25 heavy (non-hydrogen) atoms. The minimum atomic E-state index is -1.20. The summed E-state index contributed by atoms with van der Waals surface area (Å²) in [6.07, 6.45) is 2.74. The van der Waals surface area contributed by atoms with Gasteiger partial charge in [-0.25, -0.2) is 9.69 Å². The van der Waals surface area contributed by atoms with Crippen molar-refractivity contribution >= 4 is 34.6 Å². The number of ether oxygens (including phenoxy) is 2. The molecule has 0 saturated heterocycles. The molecule has 2 heterocycles. The van der Waals surface area contributed by atoms with Crippen LogP contribution in [0.15, 0.2) is 54.2 Å². The van der Waals surface area contributed by atoms with Crippen LogP contribution >= 0.6 is 0 Å². The topological polar surface area (TPSA) is 72.9 Å². The summed E-state index contributed by atoms with van der Waals surface area (Å²) in [7, 11) is 1.23. The predicted molar refractivity (Wildman–Crippen MR) is 89.4 cm³/mol. The van der Waals surface area contributed by atoms with Crippen molar-refractivity contribution in [3.63, 3.8) is 0 Å². The molecule has 2 aliphatic heterocycles. The summed E-state index contributed by atoms with van der Waals surface area (Å²) in [6, 6.07) is 11.3. The highest BCUT2D eigenvalue weighted by Crippen LogP contribution is 2.38. The first kappa shape index (κ1) is 15.1. The third kappa shape index (κ3) is 2.30. The Morgan fingerprint density at radius 2 is 1.80 bits per heavy atom. The summed E-state index contributed by atoms with van der Waals surface area (Å²) in [6.45, 7) is 0. The Kier molecular flexibility index (Phi) is 3.39. The summed E-state index contributed by atoms with van der Waals surface area (Å²) in [5.74, 6) is -1.20. The molecule has 0 radical (unpaired) electrons. The van der Waals surface area contributed by atoms with Crippen molar-refractivity contribution in [2.24, 2.45) is 0 Å². The van der Waals surface area contributed by atoms with Gasteiger partial charge in [-0.1, -0.05) is 36.4 Å². The van der Waals surface area contributed by atoms with E-state index in [1.165, 1.54) is 7.11 Å². The number of rotatable bonds is 2. The van der Waals surface area contributed by atoms with Crippen molar-refractivity contribution in [3.8, 4) is 5.75 Å². The van der Waals surface area contributed by atoms with Crippen LogP contribution in [0.25, 0.3) is 16.8 Å². The minimum Gasteiger partial charge on any atom is -0.471 e. The van der Waals surface area contributed by atoms with Gasteiger partial charge >= 0.3 is 5.97 Å². The number of hydrogen-bond donors (Lipinski definition) is 0. The van der Waals surface area contributed by atoms with Gasteiger partial charge in [0.2, 0.25) is 6.10 Å². The normalized spacial score (nSPS) is 18.8. The molecule has 0 saturated carbocycles. The lowest BCUT2D eigenvalue weighted by molar-refractivity contribution is -0.148. The maximum absolute atomic E-state index is 12.2. The molecule has 2 aromatic rings. The fraction of sp³-hybridized carbons (Fsp3) is 0.105. The zero-order valence-electron chi connectivity index (χ0n) is 13.3. The average molecular weight is 335 g/mol. The van der Waals surface area contributed by atoms with Gasteiger partial charge in [0.1, 0.15) is 5.75 Å². The third-order valence-corrected chi connectivity index (χ3v) is 4.20. The van der Waals surface area contributed by atoms with E-state index in [2.05, 4.69) is 0 Å². The highest BCUT2D eigenvalue weighted by molar-refractivity contribution is 6.15. The van der Waals surface area contributed by atoms with Gasteiger partial charge in [0, 0.05) is 23.1 Å². The lowest BCUT2D eigenvalue weighted by Gasteiger charge is -2.30. The van der Waals surface area contributed by atoms with Crippen molar-refractivity contribution in [2.45, 2.75) is 6.10 Å². The largest absolute Gasteiger partial charge is 0.471 e. The molecule has 1 atom stereocenters. The number of benzene rings is 2. The Morgan fingerprint density at radius 1 is 1.08 bits per heavy atom. The average Bonchev–Trinajstić information content (AvgIpc) is 2.98. The van der Waals surface area contributed by atoms with E-state index in [0.29, 0.717) is 11.3 Å². The monoisotopic (exact) mass is 335 g/mol. The highest BCUT2D eigenvalue weighted by Gasteiger charge is 2.39. The zero-order chi connectivity index (χ0) is 17.6. The van der Waals surface area contributed by atoms with Crippen LogP contribution in [0, 0.1) is 0 Å². The van der Waals surface area contributed by atoms with E-state index in [9.17, 15) is 14.4 Å². The second-order valence-corrected chi connectivity index (χ2v) is 5.64. The van der Waals surface area contributed by atoms with Gasteiger partial charge in [-0.3, -0.25) is 9.59 Å². The van der Waals surface area contributed by atoms with Crippen molar-refractivity contribution in [1.29, 1.82) is 0 Å². The second kappa shape index (κ2) is 5.59. The number of fused-ring (bicyclic) bond motifs is 3. The maximum atomic E-state index is 12.2. The predicted octanol–water partition coefficient (Wildman–Crippen LogP) is 2.04. The number of nitrogens with zero attached hydrogens (tertiary/aromatic N) is 1. The van der Waals surface area contributed by atoms with Crippen molar-refractivity contribution in [3.05, 3.63) is 59.8 Å². The molecule has 1 unspecified atom stereocenters. The number of imide groups is 1. The van der Waals surface area contributed by atoms with Crippen LogP contribution in [0.5, 0.6) is 5.75 Å². The molecule has 0 bridgehead atoms. The highest BCUT2D eigenvalue weighted by atomic mass is 16.6. The first-order chi connectivity index (χ1) is 12.1. The summed E-state index contributed by atoms with van der Waals surface area (Å²) in [5.41, 5.74) is 0.830. The summed E-state index contributed by atoms with van der Waals surface area (Å²) in [4.78, 5) is 37.2. The Balaban J connectivity index is 1.91. The summed E-state index contributed by atoms with van der Waals surface area (Å²) in [5, 5.41) is 1.79. The number of carbonyl (C=O) groups is 3. The number of methoxy groups -OCH3 is 1. The summed E-state index contributed by atoms with van der Waals surface area (Å²) < 4.78 is 10.7. The van der Waals surface area contributed by atoms with E-state index in [-0.39, 0.29) is 5.70 Å². The standard InChI is InChI=1S/C19H13NO5/c1-24-19(23)18-14(20-15(21)8-9-16(20)22)10-12-7-6-11-4-2-3-5-13(11)17(12)25-18/h2-10,18H,1H3. The lowest BCUT2D eigenvalue weighted by atomic mass is 10.0. The van der Waals surface area contributed by atoms with Crippen LogP contribution in [-0.2, 0) is 19.1 Å². The second-order valence-electron chi connectivity index (χ2n) is 5.64. The number of hydrogen-bond acceptors (Lipinski definition) is 5. The molecule has 2 amide bonds. The first-order valence-electron chi connectivity index (χ1n) is 7.64. The van der Waals surface area contributed by atoms with Gasteiger partial charge in [0.15, 0.2) is 0 Å². The molecule has 0 fully saturated rings. The molecule has 4 rings (SSSR count). The quantitative estimate of drug-likeness (QED) is 0.620. The van der Waals surface area contributed by atoms with Crippen LogP contribution in [0.2, 0.25) is 0 Å². The fourth-order valence-corrected chi connectivity index (χ4v) is 3.03. The van der Waals surface area contributed by atoms with Crippen molar-refractivity contribution in [1.82, 2.24) is 4.90 Å². The van der Waals surface area contributed by atoms with Crippen molar-refractivity contribution < 1.29 is 23.9 Å². The third-order valence-electron chi connectivity index (χ3n) is 4.20. The molecule has 0 aliphatic carbocycles. The smallest absolute Gasteiger partial charge is 0.353 e. The molecular formula is C19H13NO5. The van der Waals surface area contributed by atoms with Gasteiger partial charge < -0.3 is 9.47 Å². The van der Waals surface area contributed by atoms with E-state index >= 15 is 0 Å². The number of carbonyl (C=O) groups excluding carboxylic acids is 3. The van der Waals surface area contributed by atoms with Crippen LogP contribution in [0.1, 0.15) is 5.56 Å². The van der Waals surface area contributed by atoms with E-state index < -0.39 is 23.9 Å².